The minimum atomic E-state index is -1.38. The van der Waals surface area contributed by atoms with Crippen molar-refractivity contribution in [1.82, 2.24) is 9.88 Å². The number of aliphatic carboxylic acids is 1. The van der Waals surface area contributed by atoms with Crippen LogP contribution in [0.3, 0.4) is 0 Å². The highest BCUT2D eigenvalue weighted by atomic mass is 32.1. The van der Waals surface area contributed by atoms with Crippen molar-refractivity contribution in [2.24, 2.45) is 0 Å². The molecule has 1 aromatic heterocycles. The SMILES string of the molecule is O=C(NC(Cc1ccc(OCCn2c(=O)sc3cc(C(=O)c4ccccc4)ccc32)cc1)C(=O)[O-])c1ccccc1. The molecule has 0 fully saturated rings. The van der Waals surface area contributed by atoms with Crippen LogP contribution in [0.25, 0.3) is 10.2 Å². The number of carboxylic acid groups (broad SMARTS) is 1. The number of ketones is 1. The van der Waals surface area contributed by atoms with E-state index in [0.29, 0.717) is 34.5 Å². The Morgan fingerprint density at radius 3 is 2.15 bits per heavy atom. The van der Waals surface area contributed by atoms with Crippen LogP contribution in [0.5, 0.6) is 5.75 Å². The van der Waals surface area contributed by atoms with Crippen molar-refractivity contribution in [3.8, 4) is 5.75 Å². The summed E-state index contributed by atoms with van der Waals surface area (Å²) in [4.78, 5) is 49.3. The topological polar surface area (TPSA) is 118 Å². The molecule has 1 amide bonds. The number of hydrogen-bond donors (Lipinski definition) is 1. The van der Waals surface area contributed by atoms with E-state index in [1.165, 1.54) is 0 Å². The van der Waals surface area contributed by atoms with Crippen molar-refractivity contribution in [3.63, 3.8) is 0 Å². The lowest BCUT2D eigenvalue weighted by Gasteiger charge is -2.20. The quantitative estimate of drug-likeness (QED) is 0.245. The molecule has 0 spiro atoms. The number of carboxylic acids is 1. The molecular weight excluding hydrogens is 540 g/mol. The molecule has 0 aliphatic heterocycles. The molecule has 0 saturated heterocycles. The van der Waals surface area contributed by atoms with Gasteiger partial charge in [0.1, 0.15) is 12.4 Å². The van der Waals surface area contributed by atoms with Crippen LogP contribution in [0.15, 0.2) is 108 Å². The van der Waals surface area contributed by atoms with E-state index in [2.05, 4.69) is 5.32 Å². The molecule has 0 saturated carbocycles. The standard InChI is InChI=1S/C32H26N2O6S/c35-29(22-7-3-1-4-8-22)24-13-16-27-28(20-24)41-32(39)34(27)17-18-40-25-14-11-21(12-15-25)19-26(31(37)38)33-30(36)23-9-5-2-6-10-23/h1-16,20,26H,17-19H2,(H,33,36)(H,37,38)/p-1. The van der Waals surface area contributed by atoms with Gasteiger partial charge in [-0.15, -0.1) is 0 Å². The first kappa shape index (κ1) is 27.5. The van der Waals surface area contributed by atoms with Crippen LogP contribution >= 0.6 is 11.3 Å². The number of amides is 1. The average molecular weight is 566 g/mol. The van der Waals surface area contributed by atoms with Crippen molar-refractivity contribution < 1.29 is 24.2 Å². The second kappa shape index (κ2) is 12.4. The first-order chi connectivity index (χ1) is 19.9. The monoisotopic (exact) mass is 565 g/mol. The van der Waals surface area contributed by atoms with Gasteiger partial charge in [-0.25, -0.2) is 0 Å². The first-order valence-corrected chi connectivity index (χ1v) is 13.7. The molecule has 9 heteroatoms. The van der Waals surface area contributed by atoms with E-state index in [-0.39, 0.29) is 23.7 Å². The maximum atomic E-state index is 12.8. The summed E-state index contributed by atoms with van der Waals surface area (Å²) in [5.74, 6) is -1.42. The largest absolute Gasteiger partial charge is 0.548 e. The summed E-state index contributed by atoms with van der Waals surface area (Å²) in [6, 6.07) is 28.3. The maximum absolute atomic E-state index is 12.8. The van der Waals surface area contributed by atoms with Crippen LogP contribution in [0, 0.1) is 0 Å². The van der Waals surface area contributed by atoms with E-state index in [9.17, 15) is 24.3 Å². The lowest BCUT2D eigenvalue weighted by Crippen LogP contribution is -2.49. The summed E-state index contributed by atoms with van der Waals surface area (Å²) in [5.41, 5.74) is 2.88. The van der Waals surface area contributed by atoms with E-state index in [1.54, 1.807) is 89.5 Å². The van der Waals surface area contributed by atoms with Crippen LogP contribution in [0.4, 0.5) is 0 Å². The highest BCUT2D eigenvalue weighted by Crippen LogP contribution is 2.21. The number of fused-ring (bicyclic) bond motifs is 1. The van der Waals surface area contributed by atoms with Crippen LogP contribution < -0.4 is 20.0 Å². The predicted molar refractivity (Wildman–Crippen MR) is 154 cm³/mol. The van der Waals surface area contributed by atoms with Gasteiger partial charge in [0, 0.05) is 16.7 Å². The van der Waals surface area contributed by atoms with E-state index in [4.69, 9.17) is 4.74 Å². The molecule has 0 bridgehead atoms. The summed E-state index contributed by atoms with van der Waals surface area (Å²) >= 11 is 1.08. The van der Waals surface area contributed by atoms with Crippen molar-refractivity contribution in [2.45, 2.75) is 19.0 Å². The Hall–Kier alpha value is -5.02. The van der Waals surface area contributed by atoms with E-state index >= 15 is 0 Å². The lowest BCUT2D eigenvalue weighted by molar-refractivity contribution is -0.308. The number of hydrogen-bond acceptors (Lipinski definition) is 7. The summed E-state index contributed by atoms with van der Waals surface area (Å²) in [6.07, 6.45) is 0.0479. The number of nitrogens with one attached hydrogen (secondary N) is 1. The number of aromatic nitrogens is 1. The fourth-order valence-corrected chi connectivity index (χ4v) is 5.37. The Bertz CT molecular complexity index is 1740. The van der Waals surface area contributed by atoms with Crippen LogP contribution in [-0.2, 0) is 17.8 Å². The minimum absolute atomic E-state index is 0.0479. The van der Waals surface area contributed by atoms with Crippen LogP contribution in [0.1, 0.15) is 31.8 Å². The molecule has 206 valence electrons. The molecule has 5 aromatic rings. The van der Waals surface area contributed by atoms with E-state index < -0.39 is 17.9 Å². The van der Waals surface area contributed by atoms with Gasteiger partial charge in [0.15, 0.2) is 5.78 Å². The second-order valence-corrected chi connectivity index (χ2v) is 10.3. The number of carbonyl (C=O) groups excluding carboxylic acids is 3. The zero-order chi connectivity index (χ0) is 28.8. The number of carbonyl (C=O) groups is 3. The zero-order valence-electron chi connectivity index (χ0n) is 21.8. The number of nitrogens with zero attached hydrogens (tertiary/aromatic N) is 1. The number of thiazole rings is 1. The average Bonchev–Trinajstić information content (AvgIpc) is 3.32. The Labute approximate surface area is 239 Å². The Morgan fingerprint density at radius 2 is 1.49 bits per heavy atom. The molecule has 1 atom stereocenters. The molecule has 0 aliphatic rings. The number of benzene rings is 4. The molecule has 1 N–H and O–H groups in total. The smallest absolute Gasteiger partial charge is 0.308 e. The van der Waals surface area contributed by atoms with Gasteiger partial charge >= 0.3 is 4.87 Å². The Kier molecular flexibility index (Phi) is 8.36. The van der Waals surface area contributed by atoms with E-state index in [0.717, 1.165) is 21.6 Å². The molecule has 1 unspecified atom stereocenters. The molecule has 4 aromatic carbocycles. The fraction of sp³-hybridized carbons (Fsp3) is 0.125. The van der Waals surface area contributed by atoms with Crippen molar-refractivity contribution in [3.05, 3.63) is 135 Å². The highest BCUT2D eigenvalue weighted by Gasteiger charge is 2.16. The summed E-state index contributed by atoms with van der Waals surface area (Å²) in [5, 5.41) is 14.1. The normalized spacial score (nSPS) is 11.6. The summed E-state index contributed by atoms with van der Waals surface area (Å²) in [6.45, 7) is 0.537. The first-order valence-electron chi connectivity index (χ1n) is 12.9. The third-order valence-electron chi connectivity index (χ3n) is 6.54. The molecule has 0 aliphatic carbocycles. The van der Waals surface area contributed by atoms with Crippen LogP contribution in [0.2, 0.25) is 0 Å². The van der Waals surface area contributed by atoms with Crippen molar-refractivity contribution >= 4 is 39.2 Å². The Morgan fingerprint density at radius 1 is 0.829 bits per heavy atom. The molecule has 8 nitrogen and oxygen atoms in total. The fourth-order valence-electron chi connectivity index (χ4n) is 4.41. The minimum Gasteiger partial charge on any atom is -0.548 e. The van der Waals surface area contributed by atoms with Gasteiger partial charge in [-0.1, -0.05) is 72.0 Å². The molecule has 1 heterocycles. The van der Waals surface area contributed by atoms with Gasteiger partial charge in [0.25, 0.3) is 5.91 Å². The second-order valence-electron chi connectivity index (χ2n) is 9.30. The molecule has 0 radical (unpaired) electrons. The van der Waals surface area contributed by atoms with Gasteiger partial charge in [0.05, 0.1) is 28.8 Å². The molecule has 5 rings (SSSR count). The summed E-state index contributed by atoms with van der Waals surface area (Å²) in [7, 11) is 0. The molecule has 41 heavy (non-hydrogen) atoms. The van der Waals surface area contributed by atoms with Crippen molar-refractivity contribution in [2.75, 3.05) is 6.61 Å². The lowest BCUT2D eigenvalue weighted by atomic mass is 10.0. The van der Waals surface area contributed by atoms with Gasteiger partial charge in [-0.05, 0) is 54.4 Å². The van der Waals surface area contributed by atoms with E-state index in [1.807, 2.05) is 18.2 Å². The third kappa shape index (κ3) is 6.59. The third-order valence-corrected chi connectivity index (χ3v) is 7.48. The maximum Gasteiger partial charge on any atom is 0.308 e. The number of rotatable bonds is 11. The summed E-state index contributed by atoms with van der Waals surface area (Å²) < 4.78 is 8.17. The van der Waals surface area contributed by atoms with Gasteiger partial charge in [-0.3, -0.25) is 19.0 Å². The van der Waals surface area contributed by atoms with Gasteiger partial charge in [-0.2, -0.15) is 0 Å². The highest BCUT2D eigenvalue weighted by molar-refractivity contribution is 7.16. The van der Waals surface area contributed by atoms with Crippen LogP contribution in [-0.4, -0.2) is 34.9 Å². The number of ether oxygens (including phenoxy) is 1. The van der Waals surface area contributed by atoms with Crippen molar-refractivity contribution in [1.29, 1.82) is 0 Å². The van der Waals surface area contributed by atoms with Gasteiger partial charge in [0.2, 0.25) is 0 Å². The Balaban J connectivity index is 1.19. The van der Waals surface area contributed by atoms with Gasteiger partial charge < -0.3 is 20.0 Å². The predicted octanol–water partition coefficient (Wildman–Crippen LogP) is 3.46. The zero-order valence-corrected chi connectivity index (χ0v) is 22.6. The molecular formula is C32H25N2O6S-.